The van der Waals surface area contributed by atoms with Crippen molar-refractivity contribution in [2.24, 2.45) is 0 Å². The summed E-state index contributed by atoms with van der Waals surface area (Å²) < 4.78 is 5.45. The van der Waals surface area contributed by atoms with Crippen molar-refractivity contribution >= 4 is 29.2 Å². The van der Waals surface area contributed by atoms with E-state index in [0.717, 1.165) is 11.8 Å². The Hall–Kier alpha value is -2.27. The second kappa shape index (κ2) is 10.5. The standard InChI is InChI=1S/C18H18N4O5S2/c1-28-17(10(6-20)7-21)22-11-2-3-13(9(4-11)5-19)29-18-16(26)15(25)14(24)12(8-23)27-18/h2-4,12,14-16,18,22-26H,8H2,1H3. The molecular formula is C18H18N4O5S2. The Morgan fingerprint density at radius 1 is 1.14 bits per heavy atom. The molecule has 5 unspecified atom stereocenters. The molecule has 9 nitrogen and oxygen atoms in total. The summed E-state index contributed by atoms with van der Waals surface area (Å²) in [5.41, 5.74) is -0.391. The first-order valence-electron chi connectivity index (χ1n) is 8.26. The van der Waals surface area contributed by atoms with Crippen LogP contribution in [0.2, 0.25) is 0 Å². The zero-order valence-corrected chi connectivity index (χ0v) is 16.8. The van der Waals surface area contributed by atoms with Crippen LogP contribution in [0.4, 0.5) is 5.69 Å². The predicted octanol–water partition coefficient (Wildman–Crippen LogP) is 0.484. The van der Waals surface area contributed by atoms with E-state index >= 15 is 0 Å². The molecule has 0 spiro atoms. The third-order valence-corrected chi connectivity index (χ3v) is 6.05. The maximum Gasteiger partial charge on any atom is 0.159 e. The Morgan fingerprint density at radius 2 is 1.83 bits per heavy atom. The van der Waals surface area contributed by atoms with Gasteiger partial charge in [0.1, 0.15) is 53.1 Å². The predicted molar refractivity (Wildman–Crippen MR) is 106 cm³/mol. The molecule has 1 aliphatic heterocycles. The molecule has 1 aromatic carbocycles. The maximum atomic E-state index is 10.2. The van der Waals surface area contributed by atoms with Crippen molar-refractivity contribution in [3.05, 3.63) is 34.4 Å². The molecular weight excluding hydrogens is 416 g/mol. The van der Waals surface area contributed by atoms with Crippen molar-refractivity contribution in [2.45, 2.75) is 34.7 Å². The average Bonchev–Trinajstić information content (AvgIpc) is 2.74. The number of aliphatic hydroxyl groups is 4. The smallest absolute Gasteiger partial charge is 0.159 e. The van der Waals surface area contributed by atoms with Gasteiger partial charge in [0.05, 0.1) is 12.2 Å². The van der Waals surface area contributed by atoms with Crippen LogP contribution in [0.5, 0.6) is 0 Å². The number of aliphatic hydroxyl groups excluding tert-OH is 4. The summed E-state index contributed by atoms with van der Waals surface area (Å²) in [6.07, 6.45) is -3.73. The lowest BCUT2D eigenvalue weighted by Gasteiger charge is -2.39. The summed E-state index contributed by atoms with van der Waals surface area (Å²) in [4.78, 5) is 0.442. The average molecular weight is 434 g/mol. The van der Waals surface area contributed by atoms with E-state index in [1.807, 2.05) is 6.07 Å². The molecule has 0 amide bonds. The Bertz CT molecular complexity index is 887. The third-order valence-electron chi connectivity index (χ3n) is 4.10. The Balaban J connectivity index is 2.26. The molecule has 1 aliphatic rings. The first kappa shape index (κ1) is 23.0. The summed E-state index contributed by atoms with van der Waals surface area (Å²) in [6.45, 7) is -0.542. The molecule has 152 valence electrons. The fraction of sp³-hybridized carbons (Fsp3) is 0.389. The van der Waals surface area contributed by atoms with E-state index in [4.69, 9.17) is 15.3 Å². The van der Waals surface area contributed by atoms with Crippen molar-refractivity contribution in [1.82, 2.24) is 0 Å². The highest BCUT2D eigenvalue weighted by molar-refractivity contribution is 8.02. The number of rotatable bonds is 6. The summed E-state index contributed by atoms with van der Waals surface area (Å²) in [7, 11) is 0. The quantitative estimate of drug-likeness (QED) is 0.394. The van der Waals surface area contributed by atoms with Crippen LogP contribution in [0.3, 0.4) is 0 Å². The molecule has 1 fully saturated rings. The molecule has 29 heavy (non-hydrogen) atoms. The summed E-state index contributed by atoms with van der Waals surface area (Å²) in [5, 5.41) is 70.0. The molecule has 2 rings (SSSR count). The third kappa shape index (κ3) is 5.21. The number of nitriles is 3. The monoisotopic (exact) mass is 434 g/mol. The highest BCUT2D eigenvalue weighted by Crippen LogP contribution is 2.36. The highest BCUT2D eigenvalue weighted by atomic mass is 32.2. The molecule has 0 aliphatic carbocycles. The molecule has 1 saturated heterocycles. The van der Waals surface area contributed by atoms with Gasteiger partial charge in [-0.1, -0.05) is 11.8 Å². The number of anilines is 1. The number of allylic oxidation sites excluding steroid dienone is 1. The van der Waals surface area contributed by atoms with E-state index in [2.05, 4.69) is 5.32 Å². The van der Waals surface area contributed by atoms with E-state index in [0.29, 0.717) is 15.6 Å². The van der Waals surface area contributed by atoms with Crippen LogP contribution in [-0.2, 0) is 4.74 Å². The normalized spacial score (nSPS) is 25.9. The van der Waals surface area contributed by atoms with Crippen LogP contribution in [0, 0.1) is 34.0 Å². The molecule has 0 saturated carbocycles. The molecule has 11 heteroatoms. The molecule has 5 N–H and O–H groups in total. The second-order valence-corrected chi connectivity index (χ2v) is 7.85. The number of nitrogens with zero attached hydrogens (tertiary/aromatic N) is 3. The van der Waals surface area contributed by atoms with Crippen LogP contribution < -0.4 is 5.32 Å². The van der Waals surface area contributed by atoms with Gasteiger partial charge in [0, 0.05) is 10.6 Å². The van der Waals surface area contributed by atoms with Crippen molar-refractivity contribution in [3.8, 4) is 18.2 Å². The molecule has 1 aromatic rings. The Kier molecular flexibility index (Phi) is 8.32. The van der Waals surface area contributed by atoms with Crippen LogP contribution in [0.15, 0.2) is 33.7 Å². The minimum absolute atomic E-state index is 0.0872. The van der Waals surface area contributed by atoms with Crippen molar-refractivity contribution in [2.75, 3.05) is 18.2 Å². The Morgan fingerprint density at radius 3 is 2.38 bits per heavy atom. The summed E-state index contributed by atoms with van der Waals surface area (Å²) in [6, 6.07) is 10.3. The molecule has 0 bridgehead atoms. The number of hydrogen-bond acceptors (Lipinski definition) is 11. The van der Waals surface area contributed by atoms with Gasteiger partial charge in [0.25, 0.3) is 0 Å². The van der Waals surface area contributed by atoms with E-state index in [1.54, 1.807) is 30.5 Å². The number of nitrogens with one attached hydrogen (secondary N) is 1. The van der Waals surface area contributed by atoms with Crippen LogP contribution in [0.25, 0.3) is 0 Å². The van der Waals surface area contributed by atoms with Gasteiger partial charge in [-0.2, -0.15) is 15.8 Å². The van der Waals surface area contributed by atoms with Crippen LogP contribution in [0.1, 0.15) is 5.56 Å². The van der Waals surface area contributed by atoms with Gasteiger partial charge < -0.3 is 30.5 Å². The fourth-order valence-electron chi connectivity index (χ4n) is 2.56. The number of thioether (sulfide) groups is 2. The SMILES string of the molecule is CSC(Nc1ccc(SC2OC(CO)C(O)C(O)C2O)c(C#N)c1)=C(C#N)C#N. The molecule has 0 aromatic heterocycles. The van der Waals surface area contributed by atoms with E-state index < -0.39 is 36.5 Å². The number of ether oxygens (including phenoxy) is 1. The molecule has 0 radical (unpaired) electrons. The maximum absolute atomic E-state index is 10.2. The number of benzene rings is 1. The van der Waals surface area contributed by atoms with Gasteiger partial charge in [-0.3, -0.25) is 0 Å². The Labute approximate surface area is 175 Å². The minimum atomic E-state index is -1.51. The van der Waals surface area contributed by atoms with E-state index in [-0.39, 0.29) is 11.1 Å². The van der Waals surface area contributed by atoms with Crippen molar-refractivity contribution < 1.29 is 25.2 Å². The van der Waals surface area contributed by atoms with Gasteiger partial charge in [-0.25, -0.2) is 0 Å². The number of hydrogen-bond donors (Lipinski definition) is 5. The molecule has 5 atom stereocenters. The highest BCUT2D eigenvalue weighted by Gasteiger charge is 2.43. The summed E-state index contributed by atoms with van der Waals surface area (Å²) >= 11 is 2.15. The van der Waals surface area contributed by atoms with Gasteiger partial charge in [0.15, 0.2) is 5.57 Å². The lowest BCUT2D eigenvalue weighted by Crippen LogP contribution is -2.57. The van der Waals surface area contributed by atoms with Gasteiger partial charge in [0.2, 0.25) is 0 Å². The van der Waals surface area contributed by atoms with Gasteiger partial charge >= 0.3 is 0 Å². The van der Waals surface area contributed by atoms with Crippen LogP contribution in [-0.4, -0.2) is 63.1 Å². The summed E-state index contributed by atoms with van der Waals surface area (Å²) in [5.74, 6) is 0. The lowest BCUT2D eigenvalue weighted by atomic mass is 10.0. The fourth-order valence-corrected chi connectivity index (χ4v) is 4.20. The largest absolute Gasteiger partial charge is 0.394 e. The lowest BCUT2D eigenvalue weighted by molar-refractivity contribution is -0.205. The molecule has 1 heterocycles. The zero-order chi connectivity index (χ0) is 21.6. The van der Waals surface area contributed by atoms with E-state index in [9.17, 15) is 25.7 Å². The zero-order valence-electron chi connectivity index (χ0n) is 15.2. The second-order valence-electron chi connectivity index (χ2n) is 5.89. The van der Waals surface area contributed by atoms with Crippen LogP contribution >= 0.6 is 23.5 Å². The minimum Gasteiger partial charge on any atom is -0.394 e. The van der Waals surface area contributed by atoms with Gasteiger partial charge in [-0.15, -0.1) is 11.8 Å². The first-order chi connectivity index (χ1) is 13.9. The van der Waals surface area contributed by atoms with Gasteiger partial charge in [-0.05, 0) is 24.5 Å². The topological polar surface area (TPSA) is 174 Å². The first-order valence-corrected chi connectivity index (χ1v) is 10.4. The van der Waals surface area contributed by atoms with Crippen molar-refractivity contribution in [3.63, 3.8) is 0 Å². The van der Waals surface area contributed by atoms with Crippen molar-refractivity contribution in [1.29, 1.82) is 15.8 Å². The van der Waals surface area contributed by atoms with E-state index in [1.165, 1.54) is 17.8 Å².